The summed E-state index contributed by atoms with van der Waals surface area (Å²) in [5.41, 5.74) is 1.95. The van der Waals surface area contributed by atoms with Gasteiger partial charge in [0.05, 0.1) is 26.4 Å². The lowest BCUT2D eigenvalue weighted by molar-refractivity contribution is -0.123. The molecule has 0 aliphatic carbocycles. The zero-order chi connectivity index (χ0) is 18.8. The summed E-state index contributed by atoms with van der Waals surface area (Å²) in [6, 6.07) is 15.0. The van der Waals surface area contributed by atoms with Crippen LogP contribution in [0.5, 0.6) is 11.5 Å². The molecule has 0 saturated carbocycles. The van der Waals surface area contributed by atoms with Gasteiger partial charge in [-0.15, -0.1) is 0 Å². The largest absolute Gasteiger partial charge is 0.497 e. The SMILES string of the molecule is COc1ccc(COCC(O)CNC(=O)COc2ccccc2C)cc1. The molecule has 0 bridgehead atoms. The Hall–Kier alpha value is -2.57. The highest BCUT2D eigenvalue weighted by molar-refractivity contribution is 5.77. The Labute approximate surface area is 153 Å². The van der Waals surface area contributed by atoms with E-state index in [1.54, 1.807) is 7.11 Å². The molecule has 0 aliphatic rings. The maximum Gasteiger partial charge on any atom is 0.258 e. The van der Waals surface area contributed by atoms with Crippen LogP contribution in [0.2, 0.25) is 0 Å². The van der Waals surface area contributed by atoms with Gasteiger partial charge in [0, 0.05) is 6.54 Å². The Bertz CT molecular complexity index is 687. The number of aryl methyl sites for hydroxylation is 1. The van der Waals surface area contributed by atoms with E-state index in [0.29, 0.717) is 12.4 Å². The third kappa shape index (κ3) is 6.74. The molecule has 6 heteroatoms. The Morgan fingerprint density at radius 1 is 1.15 bits per heavy atom. The number of benzene rings is 2. The number of nitrogens with one attached hydrogen (secondary N) is 1. The fraction of sp³-hybridized carbons (Fsp3) is 0.350. The molecule has 6 nitrogen and oxygen atoms in total. The number of amides is 1. The van der Waals surface area contributed by atoms with Crippen LogP contribution in [0.1, 0.15) is 11.1 Å². The number of hydrogen-bond acceptors (Lipinski definition) is 5. The summed E-state index contributed by atoms with van der Waals surface area (Å²) < 4.78 is 16.0. The topological polar surface area (TPSA) is 77.0 Å². The first-order chi connectivity index (χ1) is 12.6. The standard InChI is InChI=1S/C20H25NO5/c1-15-5-3-4-6-19(15)26-14-20(23)21-11-17(22)13-25-12-16-7-9-18(24-2)10-8-16/h3-10,17,22H,11-14H2,1-2H3,(H,21,23). The molecular weight excluding hydrogens is 334 g/mol. The highest BCUT2D eigenvalue weighted by Crippen LogP contribution is 2.15. The third-order valence-corrected chi connectivity index (χ3v) is 3.73. The predicted molar refractivity (Wildman–Crippen MR) is 98.3 cm³/mol. The van der Waals surface area contributed by atoms with Crippen molar-refractivity contribution in [2.45, 2.75) is 19.6 Å². The van der Waals surface area contributed by atoms with E-state index in [1.165, 1.54) is 0 Å². The fourth-order valence-corrected chi connectivity index (χ4v) is 2.24. The summed E-state index contributed by atoms with van der Waals surface area (Å²) >= 11 is 0. The molecule has 0 radical (unpaired) electrons. The van der Waals surface area contributed by atoms with Crippen molar-refractivity contribution in [3.05, 3.63) is 59.7 Å². The van der Waals surface area contributed by atoms with Crippen LogP contribution in [0, 0.1) is 6.92 Å². The van der Waals surface area contributed by atoms with Crippen LogP contribution in [0.15, 0.2) is 48.5 Å². The third-order valence-electron chi connectivity index (χ3n) is 3.73. The molecule has 1 amide bonds. The first-order valence-electron chi connectivity index (χ1n) is 8.42. The van der Waals surface area contributed by atoms with Gasteiger partial charge in [-0.25, -0.2) is 0 Å². The lowest BCUT2D eigenvalue weighted by Crippen LogP contribution is -2.37. The number of rotatable bonds is 10. The number of methoxy groups -OCH3 is 1. The van der Waals surface area contributed by atoms with Crippen LogP contribution in [0.25, 0.3) is 0 Å². The maximum absolute atomic E-state index is 11.8. The Morgan fingerprint density at radius 2 is 1.88 bits per heavy atom. The highest BCUT2D eigenvalue weighted by atomic mass is 16.5. The number of para-hydroxylation sites is 1. The Balaban J connectivity index is 1.60. The van der Waals surface area contributed by atoms with Crippen molar-refractivity contribution >= 4 is 5.91 Å². The zero-order valence-corrected chi connectivity index (χ0v) is 15.1. The average Bonchev–Trinajstić information content (AvgIpc) is 2.66. The van der Waals surface area contributed by atoms with E-state index < -0.39 is 6.10 Å². The predicted octanol–water partition coefficient (Wildman–Crippen LogP) is 2.08. The van der Waals surface area contributed by atoms with Gasteiger partial charge in [-0.2, -0.15) is 0 Å². The second-order valence-electron chi connectivity index (χ2n) is 5.88. The van der Waals surface area contributed by atoms with Crippen molar-refractivity contribution in [3.8, 4) is 11.5 Å². The van der Waals surface area contributed by atoms with Crippen molar-refractivity contribution in [1.82, 2.24) is 5.32 Å². The number of aliphatic hydroxyl groups is 1. The molecule has 140 valence electrons. The molecule has 0 heterocycles. The number of ether oxygens (including phenoxy) is 3. The van der Waals surface area contributed by atoms with Gasteiger partial charge in [0.2, 0.25) is 0 Å². The summed E-state index contributed by atoms with van der Waals surface area (Å²) in [4.78, 5) is 11.8. The normalized spacial score (nSPS) is 11.7. The molecule has 1 unspecified atom stereocenters. The minimum atomic E-state index is -0.782. The van der Waals surface area contributed by atoms with Crippen molar-refractivity contribution < 1.29 is 24.1 Å². The lowest BCUT2D eigenvalue weighted by Gasteiger charge is -2.13. The Morgan fingerprint density at radius 3 is 2.58 bits per heavy atom. The van der Waals surface area contributed by atoms with Crippen molar-refractivity contribution in [3.63, 3.8) is 0 Å². The summed E-state index contributed by atoms with van der Waals surface area (Å²) in [6.45, 7) is 2.44. The van der Waals surface area contributed by atoms with Gasteiger partial charge in [0.15, 0.2) is 6.61 Å². The summed E-state index contributed by atoms with van der Waals surface area (Å²) in [5, 5.41) is 12.5. The first-order valence-corrected chi connectivity index (χ1v) is 8.42. The van der Waals surface area contributed by atoms with E-state index in [0.717, 1.165) is 16.9 Å². The van der Waals surface area contributed by atoms with E-state index in [9.17, 15) is 9.90 Å². The molecule has 0 aromatic heterocycles. The minimum absolute atomic E-state index is 0.0930. The number of carbonyl (C=O) groups excluding carboxylic acids is 1. The van der Waals surface area contributed by atoms with Gasteiger partial charge in [-0.05, 0) is 36.2 Å². The monoisotopic (exact) mass is 359 g/mol. The number of aliphatic hydroxyl groups excluding tert-OH is 1. The van der Waals surface area contributed by atoms with Gasteiger partial charge >= 0.3 is 0 Å². The molecule has 0 aliphatic heterocycles. The van der Waals surface area contributed by atoms with E-state index in [2.05, 4.69) is 5.32 Å². The van der Waals surface area contributed by atoms with Gasteiger partial charge in [0.1, 0.15) is 11.5 Å². The second kappa shape index (κ2) is 10.4. The van der Waals surface area contributed by atoms with Crippen LogP contribution in [0.3, 0.4) is 0 Å². The van der Waals surface area contributed by atoms with Crippen molar-refractivity contribution in [2.75, 3.05) is 26.9 Å². The van der Waals surface area contributed by atoms with E-state index in [-0.39, 0.29) is 25.7 Å². The fourth-order valence-electron chi connectivity index (χ4n) is 2.24. The molecule has 2 aromatic rings. The molecule has 0 spiro atoms. The molecular formula is C20H25NO5. The molecule has 26 heavy (non-hydrogen) atoms. The van der Waals surface area contributed by atoms with Crippen LogP contribution >= 0.6 is 0 Å². The molecule has 0 saturated heterocycles. The molecule has 1 atom stereocenters. The Kier molecular flexibility index (Phi) is 7.92. The van der Waals surface area contributed by atoms with Crippen LogP contribution in [-0.4, -0.2) is 44.0 Å². The summed E-state index contributed by atoms with van der Waals surface area (Å²) in [5.74, 6) is 1.16. The number of carbonyl (C=O) groups is 1. The first kappa shape index (κ1) is 19.8. The van der Waals surface area contributed by atoms with Crippen LogP contribution < -0.4 is 14.8 Å². The van der Waals surface area contributed by atoms with Crippen LogP contribution in [0.4, 0.5) is 0 Å². The highest BCUT2D eigenvalue weighted by Gasteiger charge is 2.09. The lowest BCUT2D eigenvalue weighted by atomic mass is 10.2. The molecule has 2 aromatic carbocycles. The molecule has 2 rings (SSSR count). The smallest absolute Gasteiger partial charge is 0.258 e. The second-order valence-corrected chi connectivity index (χ2v) is 5.88. The van der Waals surface area contributed by atoms with E-state index in [4.69, 9.17) is 14.2 Å². The van der Waals surface area contributed by atoms with E-state index in [1.807, 2.05) is 55.5 Å². The van der Waals surface area contributed by atoms with Gasteiger partial charge in [-0.3, -0.25) is 4.79 Å². The van der Waals surface area contributed by atoms with Crippen molar-refractivity contribution in [1.29, 1.82) is 0 Å². The van der Waals surface area contributed by atoms with E-state index >= 15 is 0 Å². The van der Waals surface area contributed by atoms with Gasteiger partial charge < -0.3 is 24.6 Å². The molecule has 0 fully saturated rings. The number of hydrogen-bond donors (Lipinski definition) is 2. The maximum atomic E-state index is 11.8. The quantitative estimate of drug-likeness (QED) is 0.679. The zero-order valence-electron chi connectivity index (χ0n) is 15.1. The van der Waals surface area contributed by atoms with Crippen LogP contribution in [-0.2, 0) is 16.1 Å². The van der Waals surface area contributed by atoms with Gasteiger partial charge in [-0.1, -0.05) is 30.3 Å². The van der Waals surface area contributed by atoms with Gasteiger partial charge in [0.25, 0.3) is 5.91 Å². The summed E-state index contributed by atoms with van der Waals surface area (Å²) in [7, 11) is 1.61. The average molecular weight is 359 g/mol. The summed E-state index contributed by atoms with van der Waals surface area (Å²) in [6.07, 6.45) is -0.782. The van der Waals surface area contributed by atoms with Crippen molar-refractivity contribution in [2.24, 2.45) is 0 Å². The minimum Gasteiger partial charge on any atom is -0.497 e. The molecule has 2 N–H and O–H groups in total.